The first-order valence-electron chi connectivity index (χ1n) is 4.53. The molecule has 68 valence electrons. The van der Waals surface area contributed by atoms with Gasteiger partial charge in [0.2, 0.25) is 0 Å². The van der Waals surface area contributed by atoms with E-state index in [0.717, 1.165) is 6.42 Å². The first-order valence-corrected chi connectivity index (χ1v) is 7.94. The molecule has 0 radical (unpaired) electrons. The Hall–Kier alpha value is -0.343. The van der Waals surface area contributed by atoms with Crippen LogP contribution in [0.25, 0.3) is 0 Å². The maximum atomic E-state index is 5.94. The molecule has 0 aromatic carbocycles. The van der Waals surface area contributed by atoms with Crippen LogP contribution in [0.5, 0.6) is 0 Å². The molecule has 0 saturated carbocycles. The second-order valence-corrected chi connectivity index (χ2v) is 8.68. The highest BCUT2D eigenvalue weighted by Crippen LogP contribution is 2.18. The van der Waals surface area contributed by atoms with Crippen molar-refractivity contribution in [2.24, 2.45) is 0 Å². The first-order chi connectivity index (χ1) is 5.49. The van der Waals surface area contributed by atoms with Crippen LogP contribution < -0.4 is 0 Å². The summed E-state index contributed by atoms with van der Waals surface area (Å²) in [5.74, 6) is 0. The molecule has 0 aromatic heterocycles. The molecule has 0 amide bonds. The van der Waals surface area contributed by atoms with Crippen molar-refractivity contribution >= 4 is 8.32 Å². The van der Waals surface area contributed by atoms with Gasteiger partial charge < -0.3 is 4.43 Å². The average Bonchev–Trinajstić information content (AvgIpc) is 2.32. The van der Waals surface area contributed by atoms with Gasteiger partial charge in [-0.05, 0) is 38.6 Å². The minimum atomic E-state index is -1.36. The summed E-state index contributed by atoms with van der Waals surface area (Å²) in [7, 11) is -1.36. The molecule has 0 fully saturated rings. The Balaban J connectivity index is 2.48. The predicted molar refractivity (Wildman–Crippen MR) is 55.7 cm³/mol. The van der Waals surface area contributed by atoms with Gasteiger partial charge in [-0.2, -0.15) is 0 Å². The highest BCUT2D eigenvalue weighted by Gasteiger charge is 2.19. The molecule has 12 heavy (non-hydrogen) atoms. The van der Waals surface area contributed by atoms with Crippen LogP contribution in [0.2, 0.25) is 19.6 Å². The summed E-state index contributed by atoms with van der Waals surface area (Å²) in [6, 6.07) is 0. The van der Waals surface area contributed by atoms with Crippen molar-refractivity contribution in [3.05, 3.63) is 23.8 Å². The van der Waals surface area contributed by atoms with Crippen LogP contribution in [0.1, 0.15) is 13.3 Å². The molecule has 1 unspecified atom stereocenters. The lowest BCUT2D eigenvalue weighted by atomic mass is 10.2. The lowest BCUT2D eigenvalue weighted by Crippen LogP contribution is -2.31. The molecule has 1 aliphatic carbocycles. The maximum absolute atomic E-state index is 5.94. The van der Waals surface area contributed by atoms with Crippen molar-refractivity contribution in [1.29, 1.82) is 0 Å². The van der Waals surface area contributed by atoms with Gasteiger partial charge in [0.25, 0.3) is 0 Å². The Kier molecular flexibility index (Phi) is 2.91. The quantitative estimate of drug-likeness (QED) is 0.609. The normalized spacial score (nSPS) is 19.5. The monoisotopic (exact) mass is 182 g/mol. The summed E-state index contributed by atoms with van der Waals surface area (Å²) >= 11 is 0. The van der Waals surface area contributed by atoms with E-state index in [0.29, 0.717) is 0 Å². The standard InChI is InChI=1S/C10H18OSi/c1-9(11-12(2,3)4)10-7-5-6-8-10/h5,7-9H,6H2,1-4H3. The molecule has 0 N–H and O–H groups in total. The summed E-state index contributed by atoms with van der Waals surface area (Å²) in [5.41, 5.74) is 1.34. The third-order valence-electron chi connectivity index (χ3n) is 1.80. The van der Waals surface area contributed by atoms with Gasteiger partial charge in [-0.3, -0.25) is 0 Å². The first kappa shape index (κ1) is 9.74. The number of allylic oxidation sites excluding steroid dienone is 2. The molecule has 0 aromatic rings. The topological polar surface area (TPSA) is 9.23 Å². The van der Waals surface area contributed by atoms with Crippen LogP contribution in [0, 0.1) is 0 Å². The summed E-state index contributed by atoms with van der Waals surface area (Å²) in [6.07, 6.45) is 7.96. The smallest absolute Gasteiger partial charge is 0.184 e. The summed E-state index contributed by atoms with van der Waals surface area (Å²) in [6.45, 7) is 8.81. The average molecular weight is 182 g/mol. The van der Waals surface area contributed by atoms with E-state index in [1.54, 1.807) is 0 Å². The zero-order valence-electron chi connectivity index (χ0n) is 8.42. The molecule has 0 heterocycles. The zero-order chi connectivity index (χ0) is 9.19. The molecule has 0 aliphatic heterocycles. The molecule has 1 atom stereocenters. The molecule has 2 heteroatoms. The van der Waals surface area contributed by atoms with Crippen LogP contribution >= 0.6 is 0 Å². The molecular formula is C10H18OSi. The van der Waals surface area contributed by atoms with Gasteiger partial charge in [0.05, 0.1) is 6.10 Å². The minimum absolute atomic E-state index is 0.287. The van der Waals surface area contributed by atoms with E-state index in [9.17, 15) is 0 Å². The lowest BCUT2D eigenvalue weighted by molar-refractivity contribution is 0.254. The van der Waals surface area contributed by atoms with Crippen molar-refractivity contribution in [1.82, 2.24) is 0 Å². The molecular weight excluding hydrogens is 164 g/mol. The maximum Gasteiger partial charge on any atom is 0.184 e. The molecule has 0 spiro atoms. The zero-order valence-corrected chi connectivity index (χ0v) is 9.42. The molecule has 0 saturated heterocycles. The van der Waals surface area contributed by atoms with Gasteiger partial charge in [0.15, 0.2) is 8.32 Å². The highest BCUT2D eigenvalue weighted by atomic mass is 28.4. The largest absolute Gasteiger partial charge is 0.411 e. The van der Waals surface area contributed by atoms with Gasteiger partial charge in [0, 0.05) is 0 Å². The van der Waals surface area contributed by atoms with Gasteiger partial charge >= 0.3 is 0 Å². The fraction of sp³-hybridized carbons (Fsp3) is 0.600. The van der Waals surface area contributed by atoms with E-state index >= 15 is 0 Å². The third kappa shape index (κ3) is 2.95. The minimum Gasteiger partial charge on any atom is -0.411 e. The van der Waals surface area contributed by atoms with Crippen LogP contribution in [0.3, 0.4) is 0 Å². The summed E-state index contributed by atoms with van der Waals surface area (Å²) in [4.78, 5) is 0. The van der Waals surface area contributed by atoms with Crippen LogP contribution in [0.15, 0.2) is 23.8 Å². The predicted octanol–water partition coefficient (Wildman–Crippen LogP) is 3.11. The Bertz CT molecular complexity index is 210. The van der Waals surface area contributed by atoms with Crippen LogP contribution in [-0.4, -0.2) is 14.4 Å². The fourth-order valence-corrected chi connectivity index (χ4v) is 2.57. The van der Waals surface area contributed by atoms with E-state index < -0.39 is 8.32 Å². The molecule has 1 aliphatic rings. The molecule has 0 bridgehead atoms. The molecule has 1 nitrogen and oxygen atoms in total. The lowest BCUT2D eigenvalue weighted by Gasteiger charge is -2.23. The van der Waals surface area contributed by atoms with Crippen molar-refractivity contribution in [3.8, 4) is 0 Å². The highest BCUT2D eigenvalue weighted by molar-refractivity contribution is 6.69. The second-order valence-electron chi connectivity index (χ2n) is 4.21. The second kappa shape index (κ2) is 3.58. The number of hydrogen-bond acceptors (Lipinski definition) is 1. The van der Waals surface area contributed by atoms with Gasteiger partial charge in [-0.1, -0.05) is 18.2 Å². The van der Waals surface area contributed by atoms with Crippen LogP contribution in [0.4, 0.5) is 0 Å². The number of hydrogen-bond donors (Lipinski definition) is 0. The third-order valence-corrected chi connectivity index (χ3v) is 2.86. The van der Waals surface area contributed by atoms with Crippen LogP contribution in [-0.2, 0) is 4.43 Å². The van der Waals surface area contributed by atoms with Crippen molar-refractivity contribution in [2.45, 2.75) is 39.1 Å². The van der Waals surface area contributed by atoms with E-state index in [1.807, 2.05) is 0 Å². The van der Waals surface area contributed by atoms with Gasteiger partial charge in [-0.25, -0.2) is 0 Å². The Morgan fingerprint density at radius 2 is 2.08 bits per heavy atom. The fourth-order valence-electron chi connectivity index (χ4n) is 1.38. The van der Waals surface area contributed by atoms with Crippen molar-refractivity contribution in [3.63, 3.8) is 0 Å². The Morgan fingerprint density at radius 3 is 2.50 bits per heavy atom. The van der Waals surface area contributed by atoms with E-state index in [-0.39, 0.29) is 6.10 Å². The van der Waals surface area contributed by atoms with E-state index in [2.05, 4.69) is 44.8 Å². The Morgan fingerprint density at radius 1 is 1.42 bits per heavy atom. The Labute approximate surface area is 76.3 Å². The van der Waals surface area contributed by atoms with E-state index in [4.69, 9.17) is 4.43 Å². The van der Waals surface area contributed by atoms with Crippen molar-refractivity contribution in [2.75, 3.05) is 0 Å². The number of rotatable bonds is 3. The van der Waals surface area contributed by atoms with Gasteiger partial charge in [0.1, 0.15) is 0 Å². The van der Waals surface area contributed by atoms with Gasteiger partial charge in [-0.15, -0.1) is 0 Å². The van der Waals surface area contributed by atoms with Crippen molar-refractivity contribution < 1.29 is 4.43 Å². The summed E-state index contributed by atoms with van der Waals surface area (Å²) < 4.78 is 5.94. The van der Waals surface area contributed by atoms with E-state index in [1.165, 1.54) is 5.57 Å². The SMILES string of the molecule is CC(O[Si](C)(C)C)C1=CCC=C1. The summed E-state index contributed by atoms with van der Waals surface area (Å²) in [5, 5.41) is 0. The molecule has 1 rings (SSSR count).